The summed E-state index contributed by atoms with van der Waals surface area (Å²) in [6.45, 7) is 5.14. The summed E-state index contributed by atoms with van der Waals surface area (Å²) in [5.74, 6) is -3.81. The average molecular weight is 463 g/mol. The second-order valence-corrected chi connectivity index (χ2v) is 8.64. The van der Waals surface area contributed by atoms with Gasteiger partial charge in [-0.15, -0.1) is 0 Å². The van der Waals surface area contributed by atoms with Crippen molar-refractivity contribution in [3.8, 4) is 0 Å². The normalized spacial score (nSPS) is 14.8. The van der Waals surface area contributed by atoms with Gasteiger partial charge >= 0.3 is 11.9 Å². The minimum Gasteiger partial charge on any atom is -0.481 e. The van der Waals surface area contributed by atoms with Crippen molar-refractivity contribution in [2.75, 3.05) is 12.0 Å². The van der Waals surface area contributed by atoms with Gasteiger partial charge in [0, 0.05) is 6.42 Å². The fourth-order valence-corrected chi connectivity index (χ4v) is 3.05. The Hall–Kier alpha value is -2.34. The lowest BCUT2D eigenvalue weighted by Crippen LogP contribution is -2.57. The van der Waals surface area contributed by atoms with Gasteiger partial charge in [-0.05, 0) is 44.1 Å². The monoisotopic (exact) mass is 462 g/mol. The first-order chi connectivity index (χ1) is 14.4. The summed E-state index contributed by atoms with van der Waals surface area (Å²) in [5.41, 5.74) is 5.55. The van der Waals surface area contributed by atoms with E-state index >= 15 is 0 Å². The molecule has 0 aromatic heterocycles. The lowest BCUT2D eigenvalue weighted by molar-refractivity contribution is -0.143. The number of amides is 3. The summed E-state index contributed by atoms with van der Waals surface area (Å²) in [6.07, 6.45) is 1.66. The summed E-state index contributed by atoms with van der Waals surface area (Å²) in [4.78, 5) is 59.5. The largest absolute Gasteiger partial charge is 0.481 e. The molecule has 11 nitrogen and oxygen atoms in total. The molecule has 4 atom stereocenters. The molecule has 31 heavy (non-hydrogen) atoms. The second kappa shape index (κ2) is 14.6. The summed E-state index contributed by atoms with van der Waals surface area (Å²) in [5, 5.41) is 25.5. The molecule has 0 bridgehead atoms. The van der Waals surface area contributed by atoms with E-state index in [1.54, 1.807) is 0 Å². The summed E-state index contributed by atoms with van der Waals surface area (Å²) < 4.78 is 0. The molecule has 0 spiro atoms. The van der Waals surface area contributed by atoms with Crippen molar-refractivity contribution in [2.45, 2.75) is 70.6 Å². The highest BCUT2D eigenvalue weighted by Gasteiger charge is 2.30. The van der Waals surface area contributed by atoms with E-state index in [1.807, 2.05) is 20.1 Å². The van der Waals surface area contributed by atoms with E-state index in [0.717, 1.165) is 0 Å². The van der Waals surface area contributed by atoms with Crippen molar-refractivity contribution in [1.29, 1.82) is 0 Å². The van der Waals surface area contributed by atoms with E-state index in [1.165, 1.54) is 18.7 Å². The van der Waals surface area contributed by atoms with E-state index in [2.05, 4.69) is 16.0 Å². The number of thioether (sulfide) groups is 1. The van der Waals surface area contributed by atoms with Crippen LogP contribution in [0.4, 0.5) is 0 Å². The molecule has 0 aromatic carbocycles. The van der Waals surface area contributed by atoms with Gasteiger partial charge in [-0.2, -0.15) is 11.8 Å². The van der Waals surface area contributed by atoms with Crippen LogP contribution in [0.25, 0.3) is 0 Å². The fourth-order valence-electron chi connectivity index (χ4n) is 2.58. The van der Waals surface area contributed by atoms with Gasteiger partial charge in [-0.25, -0.2) is 4.79 Å². The molecule has 0 radical (unpaired) electrons. The highest BCUT2D eigenvalue weighted by Crippen LogP contribution is 2.09. The van der Waals surface area contributed by atoms with Crippen molar-refractivity contribution < 1.29 is 34.2 Å². The van der Waals surface area contributed by atoms with E-state index in [-0.39, 0.29) is 18.8 Å². The van der Waals surface area contributed by atoms with Crippen LogP contribution < -0.4 is 21.7 Å². The molecular weight excluding hydrogens is 428 g/mol. The van der Waals surface area contributed by atoms with Gasteiger partial charge in [-0.1, -0.05) is 13.8 Å². The van der Waals surface area contributed by atoms with Crippen molar-refractivity contribution in [1.82, 2.24) is 16.0 Å². The van der Waals surface area contributed by atoms with Crippen LogP contribution in [0, 0.1) is 5.92 Å². The smallest absolute Gasteiger partial charge is 0.326 e. The number of nitrogens with one attached hydrogen (secondary N) is 3. The number of nitrogens with two attached hydrogens (primary N) is 1. The number of carboxylic acid groups (broad SMARTS) is 2. The standard InChI is InChI=1S/C19H34N4O7S/c1-10(2)9-14(18(28)22-13(19(29)30)5-6-15(24)25)23-17(27)12(7-8-31-4)21-16(26)11(3)20/h10-14H,5-9,20H2,1-4H3,(H,21,26)(H,22,28)(H,23,27)(H,24,25)(H,29,30). The van der Waals surface area contributed by atoms with Crippen LogP contribution in [0.5, 0.6) is 0 Å². The number of aliphatic carboxylic acids is 2. The molecule has 0 saturated carbocycles. The van der Waals surface area contributed by atoms with Gasteiger partial charge in [0.25, 0.3) is 0 Å². The molecule has 7 N–H and O–H groups in total. The van der Waals surface area contributed by atoms with Gasteiger partial charge in [0.15, 0.2) is 0 Å². The predicted molar refractivity (Wildman–Crippen MR) is 116 cm³/mol. The van der Waals surface area contributed by atoms with Crippen LogP contribution in [0.1, 0.15) is 46.5 Å². The molecule has 0 fully saturated rings. The Labute approximate surface area is 186 Å². The first-order valence-corrected chi connectivity index (χ1v) is 11.4. The zero-order valence-corrected chi connectivity index (χ0v) is 19.2. The summed E-state index contributed by atoms with van der Waals surface area (Å²) >= 11 is 1.48. The topological polar surface area (TPSA) is 188 Å². The lowest BCUT2D eigenvalue weighted by atomic mass is 10.0. The maximum atomic E-state index is 12.8. The SMILES string of the molecule is CSCCC(NC(=O)C(C)N)C(=O)NC(CC(C)C)C(=O)NC(CCC(=O)O)C(=O)O. The third-order valence-electron chi connectivity index (χ3n) is 4.26. The van der Waals surface area contributed by atoms with Crippen molar-refractivity contribution in [3.63, 3.8) is 0 Å². The Kier molecular flexibility index (Phi) is 13.5. The Morgan fingerprint density at radius 1 is 0.839 bits per heavy atom. The first kappa shape index (κ1) is 28.7. The fraction of sp³-hybridized carbons (Fsp3) is 0.737. The number of hydrogen-bond acceptors (Lipinski definition) is 7. The van der Waals surface area contributed by atoms with E-state index < -0.39 is 60.2 Å². The minimum absolute atomic E-state index is 0.0124. The number of rotatable bonds is 15. The summed E-state index contributed by atoms with van der Waals surface area (Å²) in [7, 11) is 0. The molecule has 0 aliphatic heterocycles. The highest BCUT2D eigenvalue weighted by molar-refractivity contribution is 7.98. The molecule has 178 valence electrons. The Bertz CT molecular complexity index is 643. The molecule has 0 aliphatic carbocycles. The molecular formula is C19H34N4O7S. The third kappa shape index (κ3) is 12.2. The van der Waals surface area contributed by atoms with E-state index in [0.29, 0.717) is 12.2 Å². The predicted octanol–water partition coefficient (Wildman–Crippen LogP) is -0.463. The number of carbonyl (C=O) groups is 5. The van der Waals surface area contributed by atoms with Gasteiger partial charge in [0.1, 0.15) is 18.1 Å². The Balaban J connectivity index is 5.38. The number of carbonyl (C=O) groups excluding carboxylic acids is 3. The molecule has 12 heteroatoms. The zero-order chi connectivity index (χ0) is 24.1. The molecule has 0 rings (SSSR count). The Morgan fingerprint density at radius 2 is 1.35 bits per heavy atom. The molecule has 3 amide bonds. The van der Waals surface area contributed by atoms with Crippen molar-refractivity contribution in [2.24, 2.45) is 11.7 Å². The summed E-state index contributed by atoms with van der Waals surface area (Å²) in [6, 6.07) is -4.18. The Morgan fingerprint density at radius 3 is 1.81 bits per heavy atom. The maximum Gasteiger partial charge on any atom is 0.326 e. The molecule has 0 heterocycles. The molecule has 0 saturated heterocycles. The van der Waals surface area contributed by atoms with Crippen molar-refractivity contribution in [3.05, 3.63) is 0 Å². The van der Waals surface area contributed by atoms with Crippen LogP contribution in [0.3, 0.4) is 0 Å². The van der Waals surface area contributed by atoms with Crippen LogP contribution >= 0.6 is 11.8 Å². The van der Waals surface area contributed by atoms with Crippen LogP contribution in [0.15, 0.2) is 0 Å². The molecule has 0 aromatic rings. The minimum atomic E-state index is -1.40. The average Bonchev–Trinajstić information content (AvgIpc) is 2.66. The lowest BCUT2D eigenvalue weighted by Gasteiger charge is -2.25. The van der Waals surface area contributed by atoms with Crippen LogP contribution in [0.2, 0.25) is 0 Å². The van der Waals surface area contributed by atoms with Gasteiger partial charge in [-0.3, -0.25) is 19.2 Å². The highest BCUT2D eigenvalue weighted by atomic mass is 32.2. The first-order valence-electron chi connectivity index (χ1n) is 9.99. The zero-order valence-electron chi connectivity index (χ0n) is 18.3. The van der Waals surface area contributed by atoms with Crippen LogP contribution in [-0.4, -0.2) is 76.0 Å². The third-order valence-corrected chi connectivity index (χ3v) is 4.90. The number of hydrogen-bond donors (Lipinski definition) is 6. The second-order valence-electron chi connectivity index (χ2n) is 7.65. The van der Waals surface area contributed by atoms with E-state index in [9.17, 15) is 29.1 Å². The van der Waals surface area contributed by atoms with Gasteiger partial charge < -0.3 is 31.9 Å². The maximum absolute atomic E-state index is 12.8. The number of carboxylic acids is 2. The van der Waals surface area contributed by atoms with Gasteiger partial charge in [0.2, 0.25) is 17.7 Å². The van der Waals surface area contributed by atoms with Crippen molar-refractivity contribution >= 4 is 41.4 Å². The van der Waals surface area contributed by atoms with Crippen LogP contribution in [-0.2, 0) is 24.0 Å². The van der Waals surface area contributed by atoms with Gasteiger partial charge in [0.05, 0.1) is 6.04 Å². The quantitative estimate of drug-likeness (QED) is 0.187. The van der Waals surface area contributed by atoms with E-state index in [4.69, 9.17) is 10.8 Å². The molecule has 0 aliphatic rings. The molecule has 4 unspecified atom stereocenters.